The summed E-state index contributed by atoms with van der Waals surface area (Å²) in [4.78, 5) is 12.3. The van der Waals surface area contributed by atoms with Crippen molar-refractivity contribution in [2.75, 3.05) is 0 Å². The van der Waals surface area contributed by atoms with Crippen molar-refractivity contribution >= 4 is 11.9 Å². The summed E-state index contributed by atoms with van der Waals surface area (Å²) < 4.78 is 53.2. The van der Waals surface area contributed by atoms with Crippen LogP contribution in [0.1, 0.15) is 22.6 Å². The molecule has 0 aliphatic rings. The topological polar surface area (TPSA) is 79.0 Å². The summed E-state index contributed by atoms with van der Waals surface area (Å²) >= 11 is 0. The highest BCUT2D eigenvalue weighted by molar-refractivity contribution is 5.98. The number of carbonyl (C=O) groups excluding carboxylic acids is 1. The Morgan fingerprint density at radius 1 is 1.16 bits per heavy atom. The van der Waals surface area contributed by atoms with E-state index in [4.69, 9.17) is 11.1 Å². The van der Waals surface area contributed by atoms with Gasteiger partial charge in [-0.25, -0.2) is 4.39 Å². The molecule has 0 spiro atoms. The second kappa shape index (κ2) is 7.33. The van der Waals surface area contributed by atoms with Crippen LogP contribution in [-0.4, -0.2) is 11.9 Å². The van der Waals surface area contributed by atoms with Crippen LogP contribution >= 0.6 is 0 Å². The van der Waals surface area contributed by atoms with Gasteiger partial charge in [-0.1, -0.05) is 30.3 Å². The second-order valence-electron chi connectivity index (χ2n) is 5.37. The van der Waals surface area contributed by atoms with Crippen LogP contribution in [0.4, 0.5) is 17.6 Å². The molecule has 0 aliphatic carbocycles. The smallest absolute Gasteiger partial charge is 0.370 e. The lowest BCUT2D eigenvalue weighted by atomic mass is 9.87. The Labute approximate surface area is 141 Å². The number of halogens is 4. The van der Waals surface area contributed by atoms with Crippen LogP contribution in [0, 0.1) is 11.2 Å². The van der Waals surface area contributed by atoms with E-state index in [2.05, 4.69) is 0 Å². The van der Waals surface area contributed by atoms with Crippen LogP contribution in [-0.2, 0) is 17.4 Å². The molecular formula is C17H15F4N3O. The van der Waals surface area contributed by atoms with E-state index in [-0.39, 0.29) is 12.0 Å². The van der Waals surface area contributed by atoms with E-state index < -0.39 is 35.3 Å². The van der Waals surface area contributed by atoms with Gasteiger partial charge in [0.05, 0.1) is 11.5 Å². The summed E-state index contributed by atoms with van der Waals surface area (Å²) in [6.45, 7) is 0. The van der Waals surface area contributed by atoms with Crippen molar-refractivity contribution in [3.05, 3.63) is 71.0 Å². The van der Waals surface area contributed by atoms with E-state index in [0.29, 0.717) is 5.56 Å². The van der Waals surface area contributed by atoms with E-state index in [1.165, 1.54) is 36.4 Å². The van der Waals surface area contributed by atoms with Gasteiger partial charge in [-0.2, -0.15) is 13.2 Å². The second-order valence-corrected chi connectivity index (χ2v) is 5.37. The Kier molecular flexibility index (Phi) is 5.41. The largest absolute Gasteiger partial charge is 0.416 e. The predicted molar refractivity (Wildman–Crippen MR) is 84.3 cm³/mol. The third kappa shape index (κ3) is 4.79. The van der Waals surface area contributed by atoms with Gasteiger partial charge in [0.1, 0.15) is 5.82 Å². The molecule has 132 valence electrons. The Morgan fingerprint density at radius 2 is 1.84 bits per heavy atom. The van der Waals surface area contributed by atoms with Crippen LogP contribution in [0.15, 0.2) is 48.5 Å². The number of alkyl halides is 3. The van der Waals surface area contributed by atoms with Crippen LogP contribution in [0.2, 0.25) is 0 Å². The SMILES string of the molecule is N=C(N)NC(=O)C(Cc1cccc(F)c1)c1ccccc1C(F)(F)F. The number of nitrogens with one attached hydrogen (secondary N) is 2. The van der Waals surface area contributed by atoms with Crippen molar-refractivity contribution < 1.29 is 22.4 Å². The lowest BCUT2D eigenvalue weighted by Crippen LogP contribution is -2.40. The number of benzene rings is 2. The first-order valence-electron chi connectivity index (χ1n) is 7.24. The quantitative estimate of drug-likeness (QED) is 0.448. The molecule has 0 saturated carbocycles. The van der Waals surface area contributed by atoms with E-state index >= 15 is 0 Å². The molecule has 0 heterocycles. The maximum atomic E-state index is 13.4. The van der Waals surface area contributed by atoms with E-state index in [1.54, 1.807) is 0 Å². The highest BCUT2D eigenvalue weighted by atomic mass is 19.4. The van der Waals surface area contributed by atoms with Gasteiger partial charge in [-0.05, 0) is 35.7 Å². The third-order valence-corrected chi connectivity index (χ3v) is 3.54. The number of rotatable bonds is 4. The molecule has 0 fully saturated rings. The fourth-order valence-corrected chi connectivity index (χ4v) is 2.52. The van der Waals surface area contributed by atoms with Gasteiger partial charge in [-0.15, -0.1) is 0 Å². The fourth-order valence-electron chi connectivity index (χ4n) is 2.52. The molecule has 0 radical (unpaired) electrons. The summed E-state index contributed by atoms with van der Waals surface area (Å²) in [6.07, 6.45) is -4.84. The maximum absolute atomic E-state index is 13.4. The normalized spacial score (nSPS) is 12.5. The Bertz CT molecular complexity index is 789. The van der Waals surface area contributed by atoms with Crippen molar-refractivity contribution in [3.8, 4) is 0 Å². The van der Waals surface area contributed by atoms with Crippen molar-refractivity contribution in [2.45, 2.75) is 18.5 Å². The highest BCUT2D eigenvalue weighted by Crippen LogP contribution is 2.36. The van der Waals surface area contributed by atoms with Crippen molar-refractivity contribution in [1.82, 2.24) is 5.32 Å². The zero-order valence-electron chi connectivity index (χ0n) is 12.9. The molecule has 2 aromatic rings. The average Bonchev–Trinajstić information content (AvgIpc) is 2.51. The lowest BCUT2D eigenvalue weighted by molar-refractivity contribution is -0.138. The van der Waals surface area contributed by atoms with E-state index in [1.807, 2.05) is 5.32 Å². The van der Waals surface area contributed by atoms with E-state index in [9.17, 15) is 22.4 Å². The Morgan fingerprint density at radius 3 is 2.44 bits per heavy atom. The molecule has 0 bridgehead atoms. The summed E-state index contributed by atoms with van der Waals surface area (Å²) in [5.41, 5.74) is 4.24. The van der Waals surface area contributed by atoms with Crippen LogP contribution in [0.5, 0.6) is 0 Å². The number of amides is 1. The number of nitrogens with two attached hydrogens (primary N) is 1. The zero-order chi connectivity index (χ0) is 18.6. The molecule has 1 amide bonds. The first-order chi connectivity index (χ1) is 11.7. The Hall–Kier alpha value is -2.90. The van der Waals surface area contributed by atoms with Gasteiger partial charge >= 0.3 is 6.18 Å². The first kappa shape index (κ1) is 18.4. The van der Waals surface area contributed by atoms with Crippen LogP contribution < -0.4 is 11.1 Å². The van der Waals surface area contributed by atoms with E-state index in [0.717, 1.165) is 12.1 Å². The molecule has 8 heteroatoms. The number of hydrogen-bond acceptors (Lipinski definition) is 2. The summed E-state index contributed by atoms with van der Waals surface area (Å²) in [6, 6.07) is 9.90. The van der Waals surface area contributed by atoms with Crippen molar-refractivity contribution in [3.63, 3.8) is 0 Å². The molecule has 1 unspecified atom stereocenters. The zero-order valence-corrected chi connectivity index (χ0v) is 12.9. The molecule has 0 aliphatic heterocycles. The van der Waals surface area contributed by atoms with Gasteiger partial charge in [0.2, 0.25) is 5.91 Å². The summed E-state index contributed by atoms with van der Waals surface area (Å²) in [5, 5.41) is 9.15. The highest BCUT2D eigenvalue weighted by Gasteiger charge is 2.36. The molecule has 4 N–H and O–H groups in total. The number of carbonyl (C=O) groups is 1. The minimum absolute atomic E-state index is 0.177. The summed E-state index contributed by atoms with van der Waals surface area (Å²) in [7, 11) is 0. The average molecular weight is 353 g/mol. The van der Waals surface area contributed by atoms with Gasteiger partial charge in [0.15, 0.2) is 5.96 Å². The standard InChI is InChI=1S/C17H15F4N3O/c18-11-5-3-4-10(8-11)9-13(15(25)24-16(22)23)12-6-1-2-7-14(12)17(19,20)21/h1-8,13H,9H2,(H4,22,23,24,25). The molecule has 2 rings (SSSR count). The monoisotopic (exact) mass is 353 g/mol. The van der Waals surface area contributed by atoms with Crippen molar-refractivity contribution in [2.24, 2.45) is 5.73 Å². The van der Waals surface area contributed by atoms with Crippen LogP contribution in [0.25, 0.3) is 0 Å². The van der Waals surface area contributed by atoms with Gasteiger partial charge in [0.25, 0.3) is 0 Å². The molecule has 2 aromatic carbocycles. The minimum atomic E-state index is -4.66. The minimum Gasteiger partial charge on any atom is -0.370 e. The molecule has 4 nitrogen and oxygen atoms in total. The first-order valence-corrected chi connectivity index (χ1v) is 7.24. The number of guanidine groups is 1. The lowest BCUT2D eigenvalue weighted by Gasteiger charge is -2.21. The third-order valence-electron chi connectivity index (χ3n) is 3.54. The molecule has 1 atom stereocenters. The van der Waals surface area contributed by atoms with Gasteiger partial charge < -0.3 is 5.73 Å². The Balaban J connectivity index is 2.49. The molecule has 25 heavy (non-hydrogen) atoms. The van der Waals surface area contributed by atoms with Gasteiger partial charge in [0, 0.05) is 0 Å². The van der Waals surface area contributed by atoms with Crippen LogP contribution in [0.3, 0.4) is 0 Å². The fraction of sp³-hybridized carbons (Fsp3) is 0.176. The molecule has 0 aromatic heterocycles. The maximum Gasteiger partial charge on any atom is 0.416 e. The van der Waals surface area contributed by atoms with Gasteiger partial charge in [-0.3, -0.25) is 15.5 Å². The van der Waals surface area contributed by atoms with Crippen molar-refractivity contribution in [1.29, 1.82) is 5.41 Å². The molecule has 0 saturated heterocycles. The molecular weight excluding hydrogens is 338 g/mol. The predicted octanol–water partition coefficient (Wildman–Crippen LogP) is 3.18. The summed E-state index contributed by atoms with van der Waals surface area (Å²) in [5.74, 6) is -3.40. The number of hydrogen-bond donors (Lipinski definition) is 3.